The molecule has 0 fully saturated rings. The summed E-state index contributed by atoms with van der Waals surface area (Å²) in [7, 11) is -2.11. The molecule has 2 aromatic rings. The first-order valence-corrected chi connectivity index (χ1v) is 8.99. The van der Waals surface area contributed by atoms with Gasteiger partial charge in [0.15, 0.2) is 5.69 Å². The van der Waals surface area contributed by atoms with Gasteiger partial charge in [-0.3, -0.25) is 4.21 Å². The van der Waals surface area contributed by atoms with Crippen molar-refractivity contribution in [2.45, 2.75) is 9.84 Å². The first kappa shape index (κ1) is 20.9. The van der Waals surface area contributed by atoms with Crippen LogP contribution in [0, 0.1) is 23.1 Å². The molecule has 140 valence electrons. The average molecular weight is 453 g/mol. The van der Waals surface area contributed by atoms with E-state index in [9.17, 15) is 26.2 Å². The molecule has 1 aromatic heterocycles. The molecule has 0 saturated heterocycles. The third-order valence-corrected chi connectivity index (χ3v) is 6.16. The monoisotopic (exact) mass is 451 g/mol. The van der Waals surface area contributed by atoms with Crippen LogP contribution in [-0.4, -0.2) is 20.2 Å². The summed E-state index contributed by atoms with van der Waals surface area (Å²) in [6.45, 7) is 0. The Morgan fingerprint density at radius 1 is 1.23 bits per heavy atom. The summed E-state index contributed by atoms with van der Waals surface area (Å²) in [6.07, 6.45) is -4.15. The van der Waals surface area contributed by atoms with Gasteiger partial charge in [-0.05, 0) is 12.1 Å². The van der Waals surface area contributed by atoms with Crippen molar-refractivity contribution in [1.82, 2.24) is 9.78 Å². The van der Waals surface area contributed by atoms with Crippen molar-refractivity contribution in [2.75, 3.05) is 6.26 Å². The highest BCUT2D eigenvalue weighted by atomic mass is 35.5. The van der Waals surface area contributed by atoms with Crippen LogP contribution >= 0.6 is 34.8 Å². The van der Waals surface area contributed by atoms with Crippen LogP contribution in [0.4, 0.5) is 22.0 Å². The molecule has 0 aliphatic heterocycles. The van der Waals surface area contributed by atoms with E-state index in [1.54, 1.807) is 0 Å². The molecule has 0 aliphatic rings. The zero-order valence-corrected chi connectivity index (χ0v) is 15.4. The quantitative estimate of drug-likeness (QED) is 0.503. The molecule has 1 atom stereocenters. The van der Waals surface area contributed by atoms with Crippen molar-refractivity contribution in [1.29, 1.82) is 5.26 Å². The van der Waals surface area contributed by atoms with E-state index in [1.807, 2.05) is 0 Å². The fraction of sp³-hybridized carbons (Fsp3) is 0.231. The number of benzene rings is 1. The number of aromatic nitrogens is 2. The smallest absolute Gasteiger partial charge is 0.256 e. The summed E-state index contributed by atoms with van der Waals surface area (Å²) in [5.74, 6) is -3.15. The van der Waals surface area contributed by atoms with Crippen molar-refractivity contribution < 1.29 is 26.2 Å². The average Bonchev–Trinajstić information content (AvgIpc) is 2.83. The molecule has 0 N–H and O–H groups in total. The Morgan fingerprint density at radius 3 is 2.27 bits per heavy atom. The van der Waals surface area contributed by atoms with Gasteiger partial charge in [-0.15, -0.1) is 0 Å². The molecule has 0 aliphatic carbocycles. The Labute approximate surface area is 160 Å². The Hall–Kier alpha value is -1.41. The van der Waals surface area contributed by atoms with E-state index in [2.05, 4.69) is 5.10 Å². The number of rotatable bonds is 3. The van der Waals surface area contributed by atoms with E-state index in [-0.39, 0.29) is 4.68 Å². The molecule has 0 saturated carbocycles. The Morgan fingerprint density at radius 2 is 1.81 bits per heavy atom. The molecule has 1 heterocycles. The second kappa shape index (κ2) is 6.96. The van der Waals surface area contributed by atoms with E-state index >= 15 is 0 Å². The van der Waals surface area contributed by atoms with Gasteiger partial charge in [0.05, 0.1) is 27.1 Å². The zero-order valence-electron chi connectivity index (χ0n) is 12.3. The van der Waals surface area contributed by atoms with Gasteiger partial charge in [0.25, 0.3) is 0 Å². The fourth-order valence-corrected chi connectivity index (χ4v) is 3.15. The molecule has 13 heteroatoms. The molecule has 26 heavy (non-hydrogen) atoms. The van der Waals surface area contributed by atoms with Crippen molar-refractivity contribution in [3.63, 3.8) is 0 Å². The minimum atomic E-state index is -5.17. The Balaban J connectivity index is 2.83. The minimum absolute atomic E-state index is 0.206. The lowest BCUT2D eigenvalue weighted by Crippen LogP contribution is -2.19. The highest BCUT2D eigenvalue weighted by Crippen LogP contribution is 2.43. The van der Waals surface area contributed by atoms with Gasteiger partial charge in [-0.2, -0.15) is 27.9 Å². The predicted molar refractivity (Wildman–Crippen MR) is 85.7 cm³/mol. The maximum atomic E-state index is 14.7. The number of hydrogen-bond acceptors (Lipinski definition) is 3. The highest BCUT2D eigenvalue weighted by Gasteiger charge is 2.42. The maximum absolute atomic E-state index is 14.7. The second-order valence-electron chi connectivity index (χ2n) is 4.76. The van der Waals surface area contributed by atoms with E-state index in [0.717, 1.165) is 12.3 Å². The topological polar surface area (TPSA) is 58.7 Å². The summed E-state index contributed by atoms with van der Waals surface area (Å²) in [6, 6.07) is 2.58. The van der Waals surface area contributed by atoms with Crippen LogP contribution in [0.3, 0.4) is 0 Å². The van der Waals surface area contributed by atoms with Gasteiger partial charge < -0.3 is 0 Å². The molecule has 0 radical (unpaired) electrons. The van der Waals surface area contributed by atoms with Gasteiger partial charge >= 0.3 is 6.18 Å². The number of alkyl halides is 5. The normalized spacial score (nSPS) is 13.5. The molecular weight excluding hydrogens is 448 g/mol. The van der Waals surface area contributed by atoms with Crippen LogP contribution in [0.2, 0.25) is 5.02 Å². The summed E-state index contributed by atoms with van der Waals surface area (Å²) >= 11 is 17.2. The fourth-order valence-electron chi connectivity index (χ4n) is 2.00. The van der Waals surface area contributed by atoms with Gasteiger partial charge in [0, 0.05) is 6.26 Å². The highest BCUT2D eigenvalue weighted by molar-refractivity contribution is 7.88. The van der Waals surface area contributed by atoms with E-state index < -0.39 is 59.9 Å². The minimum Gasteiger partial charge on any atom is -0.256 e. The maximum Gasteiger partial charge on any atom is 0.420 e. The molecule has 4 nitrogen and oxygen atoms in total. The van der Waals surface area contributed by atoms with Crippen molar-refractivity contribution in [3.05, 3.63) is 45.7 Å². The summed E-state index contributed by atoms with van der Waals surface area (Å²) in [5.41, 5.74) is -4.09. The van der Waals surface area contributed by atoms with E-state index in [0.29, 0.717) is 6.07 Å². The summed E-state index contributed by atoms with van der Waals surface area (Å²) in [4.78, 5) is 0. The zero-order chi connectivity index (χ0) is 20.0. The van der Waals surface area contributed by atoms with Gasteiger partial charge in [-0.1, -0.05) is 34.8 Å². The van der Waals surface area contributed by atoms with E-state index in [4.69, 9.17) is 40.1 Å². The largest absolute Gasteiger partial charge is 0.420 e. The van der Waals surface area contributed by atoms with Crippen molar-refractivity contribution in [2.24, 2.45) is 0 Å². The number of nitriles is 1. The molecule has 2 rings (SSSR count). The van der Waals surface area contributed by atoms with Gasteiger partial charge in [-0.25, -0.2) is 9.07 Å². The van der Waals surface area contributed by atoms with Crippen LogP contribution in [0.25, 0.3) is 5.69 Å². The molecule has 1 aromatic carbocycles. The van der Waals surface area contributed by atoms with E-state index in [1.165, 1.54) is 6.07 Å². The van der Waals surface area contributed by atoms with Crippen LogP contribution in [0.5, 0.6) is 0 Å². The molecule has 0 spiro atoms. The summed E-state index contributed by atoms with van der Waals surface area (Å²) in [5, 5.41) is 11.3. The first-order chi connectivity index (χ1) is 11.8. The van der Waals surface area contributed by atoms with Crippen LogP contribution in [0.15, 0.2) is 12.1 Å². The lowest BCUT2D eigenvalue weighted by Gasteiger charge is -2.16. The number of nitrogens with zero attached hydrogens (tertiary/aromatic N) is 3. The van der Waals surface area contributed by atoms with Gasteiger partial charge in [0.1, 0.15) is 17.4 Å². The SMILES string of the molecule is CS(=O)C(Cl)(Cl)c1c(C#N)nn(-c2ccc(F)c(C(F)(F)F)c2Cl)c1F. The van der Waals surface area contributed by atoms with Gasteiger partial charge in [0.2, 0.25) is 9.61 Å². The van der Waals surface area contributed by atoms with Crippen molar-refractivity contribution >= 4 is 45.6 Å². The standard InChI is InChI=1S/C13H5Cl3F5N3OS/c1-26(25)12(15,16)9-6(4-22)23-24(11(9)18)7-3-2-5(17)8(10(7)14)13(19,20)21/h2-3H,1H3. The lowest BCUT2D eigenvalue weighted by atomic mass is 10.1. The third kappa shape index (κ3) is 3.41. The van der Waals surface area contributed by atoms with Crippen LogP contribution < -0.4 is 0 Å². The molecule has 0 amide bonds. The Kier molecular flexibility index (Phi) is 5.59. The predicted octanol–water partition coefficient (Wildman–Crippen LogP) is 4.66. The number of hydrogen-bond donors (Lipinski definition) is 0. The Bertz CT molecular complexity index is 952. The van der Waals surface area contributed by atoms with Crippen molar-refractivity contribution in [3.8, 4) is 11.8 Å². The molecular formula is C13H5Cl3F5N3OS. The number of halogens is 8. The van der Waals surface area contributed by atoms with Crippen LogP contribution in [0.1, 0.15) is 16.8 Å². The third-order valence-electron chi connectivity index (χ3n) is 3.17. The first-order valence-electron chi connectivity index (χ1n) is 6.30. The van der Waals surface area contributed by atoms with Crippen LogP contribution in [-0.2, 0) is 20.6 Å². The lowest BCUT2D eigenvalue weighted by molar-refractivity contribution is -0.139. The molecule has 0 bridgehead atoms. The molecule has 1 unspecified atom stereocenters. The second-order valence-corrected chi connectivity index (χ2v) is 8.44. The summed E-state index contributed by atoms with van der Waals surface area (Å²) < 4.78 is 76.6.